The Morgan fingerprint density at radius 2 is 1.96 bits per heavy atom. The number of nitrogens with zero attached hydrogens (tertiary/aromatic N) is 2. The summed E-state index contributed by atoms with van der Waals surface area (Å²) >= 11 is 0. The zero-order valence-corrected chi connectivity index (χ0v) is 14.7. The van der Waals surface area contributed by atoms with Crippen LogP contribution < -0.4 is 0 Å². The first kappa shape index (κ1) is 17.5. The second-order valence-electron chi connectivity index (χ2n) is 7.31. The third-order valence-corrected chi connectivity index (χ3v) is 5.53. The molecule has 2 aliphatic heterocycles. The lowest BCUT2D eigenvalue weighted by Gasteiger charge is -2.37. The van der Waals surface area contributed by atoms with Crippen LogP contribution in [0.3, 0.4) is 0 Å². The van der Waals surface area contributed by atoms with Crippen LogP contribution in [0.2, 0.25) is 0 Å². The molecular weight excluding hydrogens is 320 g/mol. The monoisotopic (exact) mass is 344 g/mol. The van der Waals surface area contributed by atoms with E-state index >= 15 is 0 Å². The van der Waals surface area contributed by atoms with Crippen LogP contribution in [0.1, 0.15) is 43.9 Å². The first-order valence-corrected chi connectivity index (χ1v) is 8.68. The predicted molar refractivity (Wildman–Crippen MR) is 91.8 cm³/mol. The number of carboxylic acids is 1. The molecule has 0 aromatic heterocycles. The number of rotatable bonds is 3. The fraction of sp³-hybridized carbons (Fsp3) is 0.526. The minimum absolute atomic E-state index is 0.0379. The average molecular weight is 344 g/mol. The standard InChI is InChI=1S/C19H24N2O4/c1-13(22)21-9-7-14-5-3-4-6-15(14)16(21)11-17(23)20-10-8-19(2,12-20)18(24)25/h3-6,16H,7-12H2,1-2H3,(H,24,25)/t16-,19-/m1/s1. The molecule has 1 aromatic carbocycles. The molecular formula is C19H24N2O4. The molecule has 0 unspecified atom stereocenters. The Morgan fingerprint density at radius 3 is 2.60 bits per heavy atom. The topological polar surface area (TPSA) is 77.9 Å². The van der Waals surface area contributed by atoms with Gasteiger partial charge in [-0.3, -0.25) is 14.4 Å². The molecule has 0 radical (unpaired) electrons. The molecule has 0 spiro atoms. The molecule has 1 aromatic rings. The van der Waals surface area contributed by atoms with E-state index in [1.165, 1.54) is 12.5 Å². The van der Waals surface area contributed by atoms with Crippen LogP contribution in [-0.4, -0.2) is 52.3 Å². The normalized spacial score (nSPS) is 25.6. The van der Waals surface area contributed by atoms with Gasteiger partial charge in [0.25, 0.3) is 0 Å². The maximum atomic E-state index is 12.8. The summed E-state index contributed by atoms with van der Waals surface area (Å²) < 4.78 is 0. The SMILES string of the molecule is CC(=O)N1CCc2ccccc2[C@H]1CC(=O)N1CC[C@@](C)(C(=O)O)C1. The van der Waals surface area contributed by atoms with Gasteiger partial charge in [0.15, 0.2) is 0 Å². The number of carbonyl (C=O) groups is 3. The van der Waals surface area contributed by atoms with Crippen molar-refractivity contribution in [3.8, 4) is 0 Å². The second-order valence-corrected chi connectivity index (χ2v) is 7.31. The molecule has 2 atom stereocenters. The van der Waals surface area contributed by atoms with Crippen LogP contribution in [0.15, 0.2) is 24.3 Å². The van der Waals surface area contributed by atoms with Crippen LogP contribution in [0.5, 0.6) is 0 Å². The Morgan fingerprint density at radius 1 is 1.24 bits per heavy atom. The minimum atomic E-state index is -0.875. The van der Waals surface area contributed by atoms with E-state index in [0.29, 0.717) is 19.5 Å². The number of carbonyl (C=O) groups excluding carboxylic acids is 2. The third kappa shape index (κ3) is 3.25. The number of fused-ring (bicyclic) bond motifs is 1. The van der Waals surface area contributed by atoms with Crippen LogP contribution in [0, 0.1) is 5.41 Å². The van der Waals surface area contributed by atoms with E-state index in [1.54, 1.807) is 16.7 Å². The van der Waals surface area contributed by atoms with Gasteiger partial charge in [-0.2, -0.15) is 0 Å². The Labute approximate surface area is 147 Å². The van der Waals surface area contributed by atoms with Crippen molar-refractivity contribution in [2.75, 3.05) is 19.6 Å². The lowest BCUT2D eigenvalue weighted by Crippen LogP contribution is -2.42. The summed E-state index contributed by atoms with van der Waals surface area (Å²) in [5.74, 6) is -0.988. The molecule has 6 heteroatoms. The Bertz CT molecular complexity index is 717. The van der Waals surface area contributed by atoms with Crippen molar-refractivity contribution in [3.63, 3.8) is 0 Å². The largest absolute Gasteiger partial charge is 0.481 e. The maximum Gasteiger partial charge on any atom is 0.311 e. The van der Waals surface area contributed by atoms with E-state index in [-0.39, 0.29) is 30.8 Å². The van der Waals surface area contributed by atoms with Crippen LogP contribution in [0.4, 0.5) is 0 Å². The lowest BCUT2D eigenvalue weighted by atomic mass is 9.89. The van der Waals surface area contributed by atoms with Crippen molar-refractivity contribution >= 4 is 17.8 Å². The van der Waals surface area contributed by atoms with Gasteiger partial charge >= 0.3 is 5.97 Å². The van der Waals surface area contributed by atoms with Gasteiger partial charge in [-0.25, -0.2) is 0 Å². The summed E-state index contributed by atoms with van der Waals surface area (Å²) in [6.07, 6.45) is 1.46. The summed E-state index contributed by atoms with van der Waals surface area (Å²) in [5.41, 5.74) is 1.33. The van der Waals surface area contributed by atoms with Gasteiger partial charge in [-0.15, -0.1) is 0 Å². The van der Waals surface area contributed by atoms with E-state index in [0.717, 1.165) is 12.0 Å². The van der Waals surface area contributed by atoms with Crippen LogP contribution in [0.25, 0.3) is 0 Å². The first-order chi connectivity index (χ1) is 11.8. The van der Waals surface area contributed by atoms with Gasteiger partial charge in [-0.1, -0.05) is 24.3 Å². The zero-order valence-electron chi connectivity index (χ0n) is 14.7. The minimum Gasteiger partial charge on any atom is -0.481 e. The molecule has 6 nitrogen and oxygen atoms in total. The molecule has 0 aliphatic carbocycles. The van der Waals surface area contributed by atoms with Crippen molar-refractivity contribution in [2.45, 2.75) is 39.2 Å². The van der Waals surface area contributed by atoms with Gasteiger partial charge in [-0.05, 0) is 30.9 Å². The first-order valence-electron chi connectivity index (χ1n) is 8.68. The number of amides is 2. The van der Waals surface area contributed by atoms with E-state index in [2.05, 4.69) is 0 Å². The summed E-state index contributed by atoms with van der Waals surface area (Å²) in [5, 5.41) is 9.35. The Hall–Kier alpha value is -2.37. The smallest absolute Gasteiger partial charge is 0.311 e. The highest BCUT2D eigenvalue weighted by atomic mass is 16.4. The average Bonchev–Trinajstić information content (AvgIpc) is 2.99. The Kier molecular flexibility index (Phi) is 4.54. The molecule has 2 amide bonds. The van der Waals surface area contributed by atoms with Crippen molar-refractivity contribution in [1.29, 1.82) is 0 Å². The number of hydrogen-bond donors (Lipinski definition) is 1. The maximum absolute atomic E-state index is 12.8. The van der Waals surface area contributed by atoms with Gasteiger partial charge in [0.05, 0.1) is 17.9 Å². The van der Waals surface area contributed by atoms with Gasteiger partial charge in [0, 0.05) is 26.6 Å². The lowest BCUT2D eigenvalue weighted by molar-refractivity contribution is -0.147. The van der Waals surface area contributed by atoms with E-state index < -0.39 is 11.4 Å². The summed E-state index contributed by atoms with van der Waals surface area (Å²) in [6, 6.07) is 7.65. The van der Waals surface area contributed by atoms with E-state index in [9.17, 15) is 19.5 Å². The van der Waals surface area contributed by atoms with Crippen molar-refractivity contribution in [1.82, 2.24) is 9.80 Å². The van der Waals surface area contributed by atoms with E-state index in [4.69, 9.17) is 0 Å². The second kappa shape index (κ2) is 6.50. The van der Waals surface area contributed by atoms with Crippen LogP contribution in [-0.2, 0) is 20.8 Å². The third-order valence-electron chi connectivity index (χ3n) is 5.53. The quantitative estimate of drug-likeness (QED) is 0.908. The summed E-state index contributed by atoms with van der Waals surface area (Å²) in [4.78, 5) is 39.6. The highest BCUT2D eigenvalue weighted by Gasteiger charge is 2.43. The molecule has 2 aliphatic rings. The molecule has 3 rings (SSSR count). The fourth-order valence-corrected chi connectivity index (χ4v) is 3.89. The molecule has 1 fully saturated rings. The molecule has 134 valence electrons. The molecule has 0 saturated carbocycles. The van der Waals surface area contributed by atoms with Crippen LogP contribution >= 0.6 is 0 Å². The number of carboxylic acid groups (broad SMARTS) is 1. The highest BCUT2D eigenvalue weighted by molar-refractivity contribution is 5.82. The highest BCUT2D eigenvalue weighted by Crippen LogP contribution is 2.35. The fourth-order valence-electron chi connectivity index (χ4n) is 3.89. The molecule has 25 heavy (non-hydrogen) atoms. The molecule has 0 bridgehead atoms. The zero-order chi connectivity index (χ0) is 18.2. The van der Waals surface area contributed by atoms with Gasteiger partial charge in [0.2, 0.25) is 11.8 Å². The predicted octanol–water partition coefficient (Wildman–Crippen LogP) is 1.85. The van der Waals surface area contributed by atoms with Crippen molar-refractivity contribution in [2.24, 2.45) is 5.41 Å². The molecule has 2 heterocycles. The van der Waals surface area contributed by atoms with Crippen molar-refractivity contribution in [3.05, 3.63) is 35.4 Å². The van der Waals surface area contributed by atoms with E-state index in [1.807, 2.05) is 24.3 Å². The summed E-state index contributed by atoms with van der Waals surface area (Å²) in [6.45, 7) is 4.51. The van der Waals surface area contributed by atoms with Crippen molar-refractivity contribution < 1.29 is 19.5 Å². The number of likely N-dealkylation sites (tertiary alicyclic amines) is 1. The molecule has 1 N–H and O–H groups in total. The summed E-state index contributed by atoms with van der Waals surface area (Å²) in [7, 11) is 0. The van der Waals surface area contributed by atoms with Gasteiger partial charge < -0.3 is 14.9 Å². The number of aliphatic carboxylic acids is 1. The molecule has 1 saturated heterocycles. The number of hydrogen-bond acceptors (Lipinski definition) is 3. The number of benzene rings is 1. The Balaban J connectivity index is 1.79. The van der Waals surface area contributed by atoms with Gasteiger partial charge in [0.1, 0.15) is 0 Å².